The van der Waals surface area contributed by atoms with E-state index in [1.165, 1.54) is 18.3 Å². The number of hydrogen-bond donors (Lipinski definition) is 0. The molecule has 2 aromatic rings. The minimum Gasteiger partial charge on any atom is -0.300 e. The number of rotatable bonds is 3. The van der Waals surface area contributed by atoms with Crippen LogP contribution in [0.15, 0.2) is 24.3 Å². The predicted molar refractivity (Wildman–Crippen MR) is 84.2 cm³/mol. The van der Waals surface area contributed by atoms with Crippen molar-refractivity contribution >= 4 is 34.5 Å². The lowest BCUT2D eigenvalue weighted by molar-refractivity contribution is -0.117. The van der Waals surface area contributed by atoms with E-state index >= 15 is 0 Å². The van der Waals surface area contributed by atoms with Crippen LogP contribution in [0.5, 0.6) is 0 Å². The molecule has 0 bridgehead atoms. The van der Waals surface area contributed by atoms with Crippen LogP contribution in [0.3, 0.4) is 0 Å². The van der Waals surface area contributed by atoms with Gasteiger partial charge in [-0.15, -0.1) is 11.3 Å². The minimum absolute atomic E-state index is 0.0363. The Kier molecular flexibility index (Phi) is 3.91. The molecule has 3 rings (SSSR count). The zero-order valence-corrected chi connectivity index (χ0v) is 13.1. The summed E-state index contributed by atoms with van der Waals surface area (Å²) in [5.41, 5.74) is 1.89. The van der Waals surface area contributed by atoms with Crippen LogP contribution in [-0.2, 0) is 4.79 Å². The molecular weight excluding hydrogens is 306 g/mol. The zero-order valence-electron chi connectivity index (χ0n) is 11.6. The van der Waals surface area contributed by atoms with Gasteiger partial charge >= 0.3 is 0 Å². The number of aromatic nitrogens is 1. The lowest BCUT2D eigenvalue weighted by Gasteiger charge is -2.08. The van der Waals surface area contributed by atoms with Gasteiger partial charge in [0.1, 0.15) is 5.78 Å². The molecule has 1 heterocycles. The van der Waals surface area contributed by atoms with Crippen molar-refractivity contribution in [2.45, 2.75) is 32.1 Å². The average Bonchev–Trinajstić information content (AvgIpc) is 3.05. The molecule has 1 aliphatic rings. The molecule has 1 aromatic heterocycles. The molecule has 0 radical (unpaired) electrons. The summed E-state index contributed by atoms with van der Waals surface area (Å²) in [7, 11) is 0. The van der Waals surface area contributed by atoms with Crippen molar-refractivity contribution < 1.29 is 9.59 Å². The van der Waals surface area contributed by atoms with E-state index in [9.17, 15) is 9.59 Å². The minimum atomic E-state index is -0.0363. The molecule has 3 nitrogen and oxygen atoms in total. The van der Waals surface area contributed by atoms with Crippen molar-refractivity contribution in [1.29, 1.82) is 0 Å². The molecule has 1 saturated carbocycles. The van der Waals surface area contributed by atoms with Gasteiger partial charge in [-0.1, -0.05) is 23.7 Å². The first kappa shape index (κ1) is 14.4. The van der Waals surface area contributed by atoms with Gasteiger partial charge < -0.3 is 0 Å². The van der Waals surface area contributed by atoms with E-state index in [1.54, 1.807) is 0 Å². The molecule has 0 amide bonds. The van der Waals surface area contributed by atoms with Crippen LogP contribution in [0, 0.1) is 0 Å². The van der Waals surface area contributed by atoms with Crippen LogP contribution in [0.2, 0.25) is 5.02 Å². The highest BCUT2D eigenvalue weighted by atomic mass is 35.5. The summed E-state index contributed by atoms with van der Waals surface area (Å²) in [6.45, 7) is 1.52. The van der Waals surface area contributed by atoms with Gasteiger partial charge in [-0.3, -0.25) is 9.59 Å². The van der Waals surface area contributed by atoms with E-state index in [4.69, 9.17) is 11.6 Å². The van der Waals surface area contributed by atoms with Gasteiger partial charge in [0, 0.05) is 30.7 Å². The number of hydrogen-bond acceptors (Lipinski definition) is 4. The number of Topliss-reactive ketones (excluding diaryl/α,β-unsaturated/α-hetero) is 2. The summed E-state index contributed by atoms with van der Waals surface area (Å²) in [6, 6.07) is 7.52. The molecule has 1 aliphatic carbocycles. The predicted octanol–water partition coefficient (Wildman–Crippen LogP) is 4.50. The lowest BCUT2D eigenvalue weighted by Crippen LogP contribution is -1.98. The Hall–Kier alpha value is -1.52. The summed E-state index contributed by atoms with van der Waals surface area (Å²) in [6.07, 6.45) is 1.96. The average molecular weight is 320 g/mol. The highest BCUT2D eigenvalue weighted by molar-refractivity contribution is 7.17. The number of ketones is 2. The van der Waals surface area contributed by atoms with Gasteiger partial charge in [-0.25, -0.2) is 4.98 Å². The molecule has 5 heteroatoms. The third-order valence-electron chi connectivity index (χ3n) is 3.69. The summed E-state index contributed by atoms with van der Waals surface area (Å²) < 4.78 is 0. The van der Waals surface area contributed by atoms with Gasteiger partial charge in [-0.2, -0.15) is 0 Å². The SMILES string of the molecule is CC(=O)c1nc(C2CCC(=O)C2)c(-c2ccc(Cl)cc2)s1. The first-order chi connectivity index (χ1) is 10.0. The fraction of sp³-hybridized carbons (Fsp3) is 0.312. The summed E-state index contributed by atoms with van der Waals surface area (Å²) in [5, 5.41) is 1.18. The van der Waals surface area contributed by atoms with E-state index in [1.807, 2.05) is 24.3 Å². The van der Waals surface area contributed by atoms with Gasteiger partial charge in [-0.05, 0) is 24.1 Å². The Labute approximate surface area is 132 Å². The maximum absolute atomic E-state index is 11.6. The Morgan fingerprint density at radius 2 is 2.05 bits per heavy atom. The highest BCUT2D eigenvalue weighted by Gasteiger charge is 2.29. The monoisotopic (exact) mass is 319 g/mol. The zero-order chi connectivity index (χ0) is 15.0. The third kappa shape index (κ3) is 2.92. The second-order valence-electron chi connectivity index (χ2n) is 5.27. The highest BCUT2D eigenvalue weighted by Crippen LogP contribution is 2.41. The van der Waals surface area contributed by atoms with E-state index in [-0.39, 0.29) is 17.5 Å². The fourth-order valence-corrected chi connectivity index (χ4v) is 3.79. The lowest BCUT2D eigenvalue weighted by atomic mass is 10.00. The van der Waals surface area contributed by atoms with E-state index in [0.717, 1.165) is 22.6 Å². The topological polar surface area (TPSA) is 47.0 Å². The van der Waals surface area contributed by atoms with Crippen molar-refractivity contribution in [2.24, 2.45) is 0 Å². The second kappa shape index (κ2) is 5.70. The fourth-order valence-electron chi connectivity index (χ4n) is 2.61. The van der Waals surface area contributed by atoms with Crippen LogP contribution >= 0.6 is 22.9 Å². The largest absolute Gasteiger partial charge is 0.300 e. The molecule has 1 fully saturated rings. The molecule has 0 aliphatic heterocycles. The Morgan fingerprint density at radius 3 is 2.62 bits per heavy atom. The number of carbonyl (C=O) groups is 2. The molecule has 1 aromatic carbocycles. The number of carbonyl (C=O) groups excluding carboxylic acids is 2. The standard InChI is InChI=1S/C16H14ClNO2S/c1-9(19)16-18-14(11-4-7-13(20)8-11)15(21-16)10-2-5-12(17)6-3-10/h2-3,5-6,11H,4,7-8H2,1H3. The van der Waals surface area contributed by atoms with Gasteiger partial charge in [0.2, 0.25) is 0 Å². The number of thiazole rings is 1. The van der Waals surface area contributed by atoms with E-state index in [2.05, 4.69) is 4.98 Å². The third-order valence-corrected chi connectivity index (χ3v) is 5.17. The summed E-state index contributed by atoms with van der Waals surface area (Å²) in [5.74, 6) is 0.373. The molecule has 1 unspecified atom stereocenters. The van der Waals surface area contributed by atoms with E-state index in [0.29, 0.717) is 22.9 Å². The summed E-state index contributed by atoms with van der Waals surface area (Å²) >= 11 is 7.33. The normalized spacial score (nSPS) is 18.2. The maximum Gasteiger partial charge on any atom is 0.188 e. The van der Waals surface area contributed by atoms with Crippen LogP contribution in [-0.4, -0.2) is 16.6 Å². The summed E-state index contributed by atoms with van der Waals surface area (Å²) in [4.78, 5) is 28.7. The van der Waals surface area contributed by atoms with Gasteiger partial charge in [0.25, 0.3) is 0 Å². The second-order valence-corrected chi connectivity index (χ2v) is 6.71. The van der Waals surface area contributed by atoms with Crippen molar-refractivity contribution in [3.8, 4) is 10.4 Å². The number of benzene rings is 1. The Bertz CT molecular complexity index is 706. The van der Waals surface area contributed by atoms with Crippen LogP contribution < -0.4 is 0 Å². The molecule has 21 heavy (non-hydrogen) atoms. The van der Waals surface area contributed by atoms with Gasteiger partial charge in [0.15, 0.2) is 10.8 Å². The van der Waals surface area contributed by atoms with Crippen molar-refractivity contribution in [3.05, 3.63) is 40.0 Å². The molecular formula is C16H14ClNO2S. The first-order valence-electron chi connectivity index (χ1n) is 6.84. The van der Waals surface area contributed by atoms with Crippen molar-refractivity contribution in [2.75, 3.05) is 0 Å². The molecule has 1 atom stereocenters. The van der Waals surface area contributed by atoms with Crippen LogP contribution in [0.25, 0.3) is 10.4 Å². The number of nitrogens with zero attached hydrogens (tertiary/aromatic N) is 1. The molecule has 0 N–H and O–H groups in total. The van der Waals surface area contributed by atoms with Gasteiger partial charge in [0.05, 0.1) is 10.6 Å². The van der Waals surface area contributed by atoms with Crippen LogP contribution in [0.4, 0.5) is 0 Å². The van der Waals surface area contributed by atoms with Crippen molar-refractivity contribution in [3.63, 3.8) is 0 Å². The smallest absolute Gasteiger partial charge is 0.188 e. The van der Waals surface area contributed by atoms with Crippen LogP contribution in [0.1, 0.15) is 47.6 Å². The first-order valence-corrected chi connectivity index (χ1v) is 8.03. The van der Waals surface area contributed by atoms with E-state index < -0.39 is 0 Å². The quantitative estimate of drug-likeness (QED) is 0.782. The molecule has 0 spiro atoms. The Balaban J connectivity index is 2.07. The number of halogens is 1. The molecule has 0 saturated heterocycles. The van der Waals surface area contributed by atoms with Crippen molar-refractivity contribution in [1.82, 2.24) is 4.98 Å². The molecule has 108 valence electrons. The Morgan fingerprint density at radius 1 is 1.33 bits per heavy atom. The maximum atomic E-state index is 11.6.